The molecule has 0 saturated carbocycles. The smallest absolute Gasteiger partial charge is 0.338 e. The molecule has 94 valence electrons. The van der Waals surface area contributed by atoms with Crippen LogP contribution in [0.25, 0.3) is 0 Å². The number of nitrogens with zero attached hydrogens (tertiary/aromatic N) is 1. The van der Waals surface area contributed by atoms with Gasteiger partial charge in [0.1, 0.15) is 5.15 Å². The molecule has 0 unspecified atom stereocenters. The Bertz CT molecular complexity index is 359. The number of unbranched alkanes of at least 4 members (excludes halogenated alkanes) is 3. The van der Waals surface area contributed by atoms with E-state index in [1.165, 1.54) is 18.9 Å². The Hall–Kier alpha value is -1.09. The summed E-state index contributed by atoms with van der Waals surface area (Å²) in [5.41, 5.74) is 1.19. The summed E-state index contributed by atoms with van der Waals surface area (Å²) >= 11 is 5.78. The predicted octanol–water partition coefficient (Wildman–Crippen LogP) is 3.78. The first-order valence-corrected chi connectivity index (χ1v) is 6.32. The number of halogens is 1. The van der Waals surface area contributed by atoms with E-state index in [2.05, 4.69) is 11.9 Å². The van der Waals surface area contributed by atoms with Crippen LogP contribution in [0.4, 0.5) is 0 Å². The second-order valence-electron chi connectivity index (χ2n) is 4.02. The fourth-order valence-corrected chi connectivity index (χ4v) is 1.77. The third kappa shape index (κ3) is 5.18. The zero-order valence-electron chi connectivity index (χ0n) is 10.3. The van der Waals surface area contributed by atoms with Crippen molar-refractivity contribution in [2.24, 2.45) is 0 Å². The van der Waals surface area contributed by atoms with E-state index in [4.69, 9.17) is 16.3 Å². The maximum atomic E-state index is 11.7. The molecule has 0 atom stereocenters. The summed E-state index contributed by atoms with van der Waals surface area (Å²) in [5, 5.41) is 0.322. The van der Waals surface area contributed by atoms with Gasteiger partial charge in [0.25, 0.3) is 0 Å². The topological polar surface area (TPSA) is 39.2 Å². The average Bonchev–Trinajstić information content (AvgIpc) is 2.27. The van der Waals surface area contributed by atoms with Gasteiger partial charge in [-0.2, -0.15) is 0 Å². The number of hydrogen-bond acceptors (Lipinski definition) is 3. The minimum atomic E-state index is -0.325. The zero-order valence-corrected chi connectivity index (χ0v) is 11.1. The van der Waals surface area contributed by atoms with Crippen LogP contribution in [0.3, 0.4) is 0 Å². The van der Waals surface area contributed by atoms with Gasteiger partial charge in [0.05, 0.1) is 12.2 Å². The molecule has 0 aromatic carbocycles. The highest BCUT2D eigenvalue weighted by Gasteiger charge is 2.08. The summed E-state index contributed by atoms with van der Waals surface area (Å²) < 4.78 is 5.16. The van der Waals surface area contributed by atoms with Gasteiger partial charge in [-0.1, -0.05) is 37.8 Å². The number of aromatic nitrogens is 1. The standard InChI is InChI=1S/C13H18ClNO2/c1-3-4-5-6-7-17-13(16)11-8-10(2)15-12(14)9-11/h8-9H,3-7H2,1-2H3. The van der Waals surface area contributed by atoms with Crippen molar-refractivity contribution in [2.45, 2.75) is 39.5 Å². The van der Waals surface area contributed by atoms with Crippen LogP contribution in [-0.4, -0.2) is 17.6 Å². The third-order valence-corrected chi connectivity index (χ3v) is 2.58. The van der Waals surface area contributed by atoms with E-state index >= 15 is 0 Å². The van der Waals surface area contributed by atoms with Gasteiger partial charge >= 0.3 is 5.97 Å². The lowest BCUT2D eigenvalue weighted by Gasteiger charge is -2.05. The van der Waals surface area contributed by atoms with E-state index < -0.39 is 0 Å². The van der Waals surface area contributed by atoms with Gasteiger partial charge in [-0.05, 0) is 25.5 Å². The van der Waals surface area contributed by atoms with Gasteiger partial charge in [-0.15, -0.1) is 0 Å². The van der Waals surface area contributed by atoms with E-state index in [-0.39, 0.29) is 5.97 Å². The summed E-state index contributed by atoms with van der Waals surface area (Å²) in [4.78, 5) is 15.7. The van der Waals surface area contributed by atoms with Crippen LogP contribution >= 0.6 is 11.6 Å². The van der Waals surface area contributed by atoms with E-state index in [1.807, 2.05) is 0 Å². The van der Waals surface area contributed by atoms with Gasteiger partial charge in [-0.3, -0.25) is 0 Å². The monoisotopic (exact) mass is 255 g/mol. The molecule has 0 aliphatic rings. The summed E-state index contributed by atoms with van der Waals surface area (Å²) in [6.07, 6.45) is 4.36. The van der Waals surface area contributed by atoms with Crippen LogP contribution < -0.4 is 0 Å². The number of aryl methyl sites for hydroxylation is 1. The predicted molar refractivity (Wildman–Crippen MR) is 68.4 cm³/mol. The molecule has 1 aromatic rings. The van der Waals surface area contributed by atoms with Crippen LogP contribution in [-0.2, 0) is 4.74 Å². The quantitative estimate of drug-likeness (QED) is 0.441. The molecular formula is C13H18ClNO2. The fraction of sp³-hybridized carbons (Fsp3) is 0.538. The number of hydrogen-bond donors (Lipinski definition) is 0. The van der Waals surface area contributed by atoms with Crippen molar-refractivity contribution in [1.29, 1.82) is 0 Å². The molecular weight excluding hydrogens is 238 g/mol. The zero-order chi connectivity index (χ0) is 12.7. The summed E-state index contributed by atoms with van der Waals surface area (Å²) in [6.45, 7) is 4.41. The molecule has 0 amide bonds. The molecule has 0 radical (unpaired) electrons. The Morgan fingerprint density at radius 2 is 2.12 bits per heavy atom. The molecule has 0 spiro atoms. The molecule has 0 aliphatic heterocycles. The molecule has 0 saturated heterocycles. The number of carbonyl (C=O) groups is 1. The van der Waals surface area contributed by atoms with Gasteiger partial charge in [0.2, 0.25) is 0 Å². The van der Waals surface area contributed by atoms with Crippen LogP contribution in [0, 0.1) is 6.92 Å². The molecule has 1 rings (SSSR count). The van der Waals surface area contributed by atoms with Crippen molar-refractivity contribution >= 4 is 17.6 Å². The van der Waals surface area contributed by atoms with Crippen LogP contribution in [0.1, 0.15) is 48.7 Å². The van der Waals surface area contributed by atoms with Gasteiger partial charge in [0, 0.05) is 5.69 Å². The lowest BCUT2D eigenvalue weighted by Crippen LogP contribution is -2.07. The first kappa shape index (κ1) is 14.0. The van der Waals surface area contributed by atoms with Crippen molar-refractivity contribution in [3.63, 3.8) is 0 Å². The number of rotatable bonds is 6. The number of ether oxygens (including phenoxy) is 1. The van der Waals surface area contributed by atoms with Gasteiger partial charge in [0.15, 0.2) is 0 Å². The van der Waals surface area contributed by atoms with Crippen LogP contribution in [0.2, 0.25) is 5.15 Å². The van der Waals surface area contributed by atoms with Gasteiger partial charge < -0.3 is 4.74 Å². The SMILES string of the molecule is CCCCCCOC(=O)c1cc(C)nc(Cl)c1. The molecule has 1 aromatic heterocycles. The lowest BCUT2D eigenvalue weighted by molar-refractivity contribution is 0.0497. The third-order valence-electron chi connectivity index (χ3n) is 2.39. The summed E-state index contributed by atoms with van der Waals surface area (Å²) in [7, 11) is 0. The highest BCUT2D eigenvalue weighted by molar-refractivity contribution is 6.29. The largest absolute Gasteiger partial charge is 0.462 e. The maximum Gasteiger partial charge on any atom is 0.338 e. The Labute approximate surface area is 107 Å². The van der Waals surface area contributed by atoms with E-state index in [9.17, 15) is 4.79 Å². The number of pyridine rings is 1. The summed E-state index contributed by atoms with van der Waals surface area (Å²) in [6, 6.07) is 3.21. The molecule has 1 heterocycles. The second kappa shape index (κ2) is 7.28. The number of carbonyl (C=O) groups excluding carboxylic acids is 1. The van der Waals surface area contributed by atoms with Crippen molar-refractivity contribution in [2.75, 3.05) is 6.61 Å². The highest BCUT2D eigenvalue weighted by Crippen LogP contribution is 2.11. The minimum Gasteiger partial charge on any atom is -0.462 e. The Balaban J connectivity index is 2.41. The Morgan fingerprint density at radius 1 is 1.35 bits per heavy atom. The van der Waals surface area contributed by atoms with Crippen molar-refractivity contribution in [3.8, 4) is 0 Å². The Morgan fingerprint density at radius 3 is 2.76 bits per heavy atom. The van der Waals surface area contributed by atoms with Crippen molar-refractivity contribution < 1.29 is 9.53 Å². The maximum absolute atomic E-state index is 11.7. The summed E-state index contributed by atoms with van der Waals surface area (Å²) in [5.74, 6) is -0.325. The first-order chi connectivity index (χ1) is 8.13. The van der Waals surface area contributed by atoms with Gasteiger partial charge in [-0.25, -0.2) is 9.78 Å². The van der Waals surface area contributed by atoms with Crippen LogP contribution in [0.15, 0.2) is 12.1 Å². The first-order valence-electron chi connectivity index (χ1n) is 5.94. The van der Waals surface area contributed by atoms with E-state index in [1.54, 1.807) is 13.0 Å². The molecule has 0 aliphatic carbocycles. The van der Waals surface area contributed by atoms with Crippen LogP contribution in [0.5, 0.6) is 0 Å². The Kier molecular flexibility index (Phi) is 5.98. The molecule has 0 bridgehead atoms. The van der Waals surface area contributed by atoms with E-state index in [0.717, 1.165) is 18.5 Å². The molecule has 4 heteroatoms. The second-order valence-corrected chi connectivity index (χ2v) is 4.40. The molecule has 0 N–H and O–H groups in total. The normalized spacial score (nSPS) is 10.3. The molecule has 3 nitrogen and oxygen atoms in total. The minimum absolute atomic E-state index is 0.322. The van der Waals surface area contributed by atoms with Crippen molar-refractivity contribution in [1.82, 2.24) is 4.98 Å². The lowest BCUT2D eigenvalue weighted by atomic mass is 10.2. The molecule has 17 heavy (non-hydrogen) atoms. The molecule has 0 fully saturated rings. The highest BCUT2D eigenvalue weighted by atomic mass is 35.5. The average molecular weight is 256 g/mol. The number of esters is 1. The van der Waals surface area contributed by atoms with E-state index in [0.29, 0.717) is 17.3 Å². The van der Waals surface area contributed by atoms with Crippen molar-refractivity contribution in [3.05, 3.63) is 28.5 Å². The fourth-order valence-electron chi connectivity index (χ4n) is 1.52.